The number of hydrogen-bond donors (Lipinski definition) is 2. The summed E-state index contributed by atoms with van der Waals surface area (Å²) in [4.78, 5) is 27.5. The molecule has 1 aliphatic heterocycles. The zero-order valence-electron chi connectivity index (χ0n) is 10.5. The summed E-state index contributed by atoms with van der Waals surface area (Å²) in [7, 11) is 0. The number of nitrogens with one attached hydrogen (secondary N) is 1. The van der Waals surface area contributed by atoms with Crippen LogP contribution >= 0.6 is 0 Å². The highest BCUT2D eigenvalue weighted by atomic mass is 16.6. The van der Waals surface area contributed by atoms with Crippen molar-refractivity contribution in [2.75, 3.05) is 24.5 Å². The third-order valence-electron chi connectivity index (χ3n) is 3.00. The Bertz CT molecular complexity index is 519. The summed E-state index contributed by atoms with van der Waals surface area (Å²) in [6.07, 6.45) is 1.15. The molecule has 1 saturated heterocycles. The lowest BCUT2D eigenvalue weighted by Crippen LogP contribution is -2.50. The van der Waals surface area contributed by atoms with E-state index in [2.05, 4.69) is 10.3 Å². The highest BCUT2D eigenvalue weighted by Crippen LogP contribution is 2.23. The Morgan fingerprint density at radius 1 is 1.68 bits per heavy atom. The summed E-state index contributed by atoms with van der Waals surface area (Å²) in [5.74, 6) is -0.302. The van der Waals surface area contributed by atoms with E-state index in [4.69, 9.17) is 5.73 Å². The van der Waals surface area contributed by atoms with Gasteiger partial charge >= 0.3 is 0 Å². The summed E-state index contributed by atoms with van der Waals surface area (Å²) >= 11 is 0. The molecule has 0 spiro atoms. The van der Waals surface area contributed by atoms with Crippen LogP contribution in [0.25, 0.3) is 0 Å². The summed E-state index contributed by atoms with van der Waals surface area (Å²) in [5.41, 5.74) is 5.13. The van der Waals surface area contributed by atoms with E-state index >= 15 is 0 Å². The van der Waals surface area contributed by atoms with E-state index in [1.807, 2.05) is 11.8 Å². The van der Waals surface area contributed by atoms with Gasteiger partial charge < -0.3 is 16.0 Å². The molecule has 2 heterocycles. The van der Waals surface area contributed by atoms with Crippen LogP contribution in [0.5, 0.6) is 0 Å². The Kier molecular flexibility index (Phi) is 3.61. The van der Waals surface area contributed by atoms with Crippen molar-refractivity contribution in [3.8, 4) is 0 Å². The number of carbonyl (C=O) groups excluding carboxylic acids is 1. The Balaban J connectivity index is 2.38. The SMILES string of the molecule is C[C@@H]1CN(c2ncc([N+](=O)[O-])cc2C(N)=O)CCN1. The second-order valence-corrected chi connectivity index (χ2v) is 4.49. The van der Waals surface area contributed by atoms with Crippen LogP contribution in [0.2, 0.25) is 0 Å². The van der Waals surface area contributed by atoms with Crippen molar-refractivity contribution in [2.45, 2.75) is 13.0 Å². The van der Waals surface area contributed by atoms with Gasteiger partial charge in [0.2, 0.25) is 0 Å². The monoisotopic (exact) mass is 265 g/mol. The fourth-order valence-corrected chi connectivity index (χ4v) is 2.10. The van der Waals surface area contributed by atoms with Crippen molar-refractivity contribution < 1.29 is 9.72 Å². The number of nitrogens with two attached hydrogens (primary N) is 1. The third-order valence-corrected chi connectivity index (χ3v) is 3.00. The van der Waals surface area contributed by atoms with Gasteiger partial charge in [-0.3, -0.25) is 14.9 Å². The normalized spacial score (nSPS) is 19.2. The van der Waals surface area contributed by atoms with Gasteiger partial charge in [-0.25, -0.2) is 4.98 Å². The number of nitrogens with zero attached hydrogens (tertiary/aromatic N) is 3. The first kappa shape index (κ1) is 13.2. The second kappa shape index (κ2) is 5.19. The Morgan fingerprint density at radius 2 is 2.42 bits per heavy atom. The molecule has 1 atom stereocenters. The number of primary amides is 1. The standard InChI is InChI=1S/C11H15N5O3/c1-7-6-15(3-2-13-7)11-9(10(12)17)4-8(5-14-11)16(18)19/h4-5,7,13H,2-3,6H2,1H3,(H2,12,17)/t7-/m1/s1. The molecule has 0 saturated carbocycles. The van der Waals surface area contributed by atoms with Gasteiger partial charge in [0.25, 0.3) is 11.6 Å². The second-order valence-electron chi connectivity index (χ2n) is 4.49. The van der Waals surface area contributed by atoms with Crippen molar-refractivity contribution in [2.24, 2.45) is 5.73 Å². The smallest absolute Gasteiger partial charge is 0.288 e. The fraction of sp³-hybridized carbons (Fsp3) is 0.455. The van der Waals surface area contributed by atoms with E-state index < -0.39 is 10.8 Å². The molecular formula is C11H15N5O3. The molecule has 0 radical (unpaired) electrons. The van der Waals surface area contributed by atoms with Crippen LogP contribution in [0.1, 0.15) is 17.3 Å². The van der Waals surface area contributed by atoms with Gasteiger partial charge in [0, 0.05) is 31.7 Å². The average molecular weight is 265 g/mol. The average Bonchev–Trinajstić information content (AvgIpc) is 2.37. The molecule has 8 heteroatoms. The maximum absolute atomic E-state index is 11.4. The lowest BCUT2D eigenvalue weighted by Gasteiger charge is -2.33. The van der Waals surface area contributed by atoms with E-state index in [1.54, 1.807) is 0 Å². The quantitative estimate of drug-likeness (QED) is 0.582. The highest BCUT2D eigenvalue weighted by Gasteiger charge is 2.23. The molecule has 0 unspecified atom stereocenters. The van der Waals surface area contributed by atoms with Crippen LogP contribution < -0.4 is 16.0 Å². The number of hydrogen-bond acceptors (Lipinski definition) is 6. The lowest BCUT2D eigenvalue weighted by molar-refractivity contribution is -0.385. The Labute approximate surface area is 109 Å². The van der Waals surface area contributed by atoms with Crippen LogP contribution in [-0.2, 0) is 0 Å². The Morgan fingerprint density at radius 3 is 3.00 bits per heavy atom. The maximum Gasteiger partial charge on any atom is 0.288 e. The number of amides is 1. The molecule has 1 aliphatic rings. The van der Waals surface area contributed by atoms with E-state index in [-0.39, 0.29) is 17.3 Å². The van der Waals surface area contributed by atoms with Crippen LogP contribution in [0.15, 0.2) is 12.3 Å². The predicted octanol–water partition coefficient (Wildman–Crippen LogP) is -0.113. The summed E-state index contributed by atoms with van der Waals surface area (Å²) in [6, 6.07) is 1.43. The molecule has 0 bridgehead atoms. The van der Waals surface area contributed by atoms with Gasteiger partial charge in [-0.15, -0.1) is 0 Å². The molecule has 1 amide bonds. The van der Waals surface area contributed by atoms with E-state index in [0.29, 0.717) is 18.9 Å². The van der Waals surface area contributed by atoms with Gasteiger partial charge in [0.05, 0.1) is 10.5 Å². The minimum absolute atomic E-state index is 0.0864. The van der Waals surface area contributed by atoms with Crippen LogP contribution in [-0.4, -0.2) is 41.5 Å². The first-order valence-corrected chi connectivity index (χ1v) is 5.91. The first-order chi connectivity index (χ1) is 8.99. The Hall–Kier alpha value is -2.22. The van der Waals surface area contributed by atoms with Crippen LogP contribution in [0, 0.1) is 10.1 Å². The number of anilines is 1. The topological polar surface area (TPSA) is 114 Å². The molecule has 8 nitrogen and oxygen atoms in total. The summed E-state index contributed by atoms with van der Waals surface area (Å²) in [6.45, 7) is 4.13. The van der Waals surface area contributed by atoms with Gasteiger partial charge in [-0.2, -0.15) is 0 Å². The molecule has 3 N–H and O–H groups in total. The number of pyridine rings is 1. The molecule has 19 heavy (non-hydrogen) atoms. The number of piperazine rings is 1. The van der Waals surface area contributed by atoms with Crippen molar-refractivity contribution >= 4 is 17.4 Å². The van der Waals surface area contributed by atoms with E-state index in [9.17, 15) is 14.9 Å². The van der Waals surface area contributed by atoms with E-state index in [0.717, 1.165) is 12.7 Å². The summed E-state index contributed by atoms with van der Waals surface area (Å²) < 4.78 is 0. The largest absolute Gasteiger partial charge is 0.365 e. The number of aromatic nitrogens is 1. The van der Waals surface area contributed by atoms with Crippen molar-refractivity contribution in [1.29, 1.82) is 0 Å². The van der Waals surface area contributed by atoms with Crippen molar-refractivity contribution in [1.82, 2.24) is 10.3 Å². The van der Waals surface area contributed by atoms with Gasteiger partial charge in [0.15, 0.2) is 0 Å². The predicted molar refractivity (Wildman–Crippen MR) is 69.1 cm³/mol. The zero-order chi connectivity index (χ0) is 14.0. The van der Waals surface area contributed by atoms with Crippen LogP contribution in [0.4, 0.5) is 11.5 Å². The highest BCUT2D eigenvalue weighted by molar-refractivity contribution is 5.98. The number of nitro groups is 1. The molecule has 0 aliphatic carbocycles. The molecule has 1 aromatic heterocycles. The lowest BCUT2D eigenvalue weighted by atomic mass is 10.1. The molecule has 1 aromatic rings. The van der Waals surface area contributed by atoms with Crippen molar-refractivity contribution in [3.63, 3.8) is 0 Å². The van der Waals surface area contributed by atoms with Gasteiger partial charge in [-0.1, -0.05) is 0 Å². The molecule has 1 fully saturated rings. The number of carbonyl (C=O) groups is 1. The third kappa shape index (κ3) is 2.79. The van der Waals surface area contributed by atoms with Crippen molar-refractivity contribution in [3.05, 3.63) is 27.9 Å². The van der Waals surface area contributed by atoms with Crippen LogP contribution in [0.3, 0.4) is 0 Å². The summed E-state index contributed by atoms with van der Waals surface area (Å²) in [5, 5.41) is 14.0. The fourth-order valence-electron chi connectivity index (χ4n) is 2.10. The van der Waals surface area contributed by atoms with Gasteiger partial charge in [0.1, 0.15) is 12.0 Å². The minimum Gasteiger partial charge on any atom is -0.365 e. The first-order valence-electron chi connectivity index (χ1n) is 5.91. The van der Waals surface area contributed by atoms with Gasteiger partial charge in [-0.05, 0) is 6.92 Å². The van der Waals surface area contributed by atoms with E-state index in [1.165, 1.54) is 6.07 Å². The molecular weight excluding hydrogens is 250 g/mol. The number of rotatable bonds is 3. The molecule has 0 aromatic carbocycles. The minimum atomic E-state index is -0.711. The molecule has 2 rings (SSSR count). The zero-order valence-corrected chi connectivity index (χ0v) is 10.5. The molecule has 102 valence electrons. The maximum atomic E-state index is 11.4.